The molecule has 0 saturated carbocycles. The number of carboxylic acids is 1. The van der Waals surface area contributed by atoms with Crippen LogP contribution in [0.1, 0.15) is 6.42 Å². The van der Waals surface area contributed by atoms with E-state index in [9.17, 15) is 14.4 Å². The van der Waals surface area contributed by atoms with E-state index in [2.05, 4.69) is 5.32 Å². The van der Waals surface area contributed by atoms with Gasteiger partial charge in [0.15, 0.2) is 0 Å². The SMILES string of the molecule is COCCOCC(=O)N1CCNC(=O)C1CC(=O)O. The Morgan fingerprint density at radius 2 is 2.21 bits per heavy atom. The first-order chi connectivity index (χ1) is 9.06. The highest BCUT2D eigenvalue weighted by atomic mass is 16.5. The van der Waals surface area contributed by atoms with Gasteiger partial charge in [-0.2, -0.15) is 0 Å². The van der Waals surface area contributed by atoms with E-state index in [4.69, 9.17) is 14.6 Å². The van der Waals surface area contributed by atoms with Crippen molar-refractivity contribution < 1.29 is 29.0 Å². The van der Waals surface area contributed by atoms with Gasteiger partial charge in [0.05, 0.1) is 19.6 Å². The van der Waals surface area contributed by atoms with E-state index in [0.717, 1.165) is 0 Å². The van der Waals surface area contributed by atoms with Crippen LogP contribution in [-0.4, -0.2) is 73.9 Å². The van der Waals surface area contributed by atoms with Gasteiger partial charge in [-0.3, -0.25) is 14.4 Å². The fraction of sp³-hybridized carbons (Fsp3) is 0.727. The normalized spacial score (nSPS) is 19.1. The maximum absolute atomic E-state index is 11.9. The van der Waals surface area contributed by atoms with E-state index in [-0.39, 0.29) is 19.8 Å². The number of carboxylic acid groups (broad SMARTS) is 1. The van der Waals surface area contributed by atoms with Crippen molar-refractivity contribution in [2.24, 2.45) is 0 Å². The van der Waals surface area contributed by atoms with E-state index in [1.165, 1.54) is 12.0 Å². The van der Waals surface area contributed by atoms with Crippen LogP contribution in [0, 0.1) is 0 Å². The summed E-state index contributed by atoms with van der Waals surface area (Å²) in [7, 11) is 1.52. The van der Waals surface area contributed by atoms with E-state index in [0.29, 0.717) is 13.2 Å². The van der Waals surface area contributed by atoms with Crippen LogP contribution in [-0.2, 0) is 23.9 Å². The molecule has 1 atom stereocenters. The summed E-state index contributed by atoms with van der Waals surface area (Å²) < 4.78 is 9.85. The Bertz CT molecular complexity index is 346. The van der Waals surface area contributed by atoms with E-state index in [1.54, 1.807) is 0 Å². The Kier molecular flexibility index (Phi) is 6.23. The van der Waals surface area contributed by atoms with Crippen molar-refractivity contribution in [3.05, 3.63) is 0 Å². The zero-order valence-electron chi connectivity index (χ0n) is 10.8. The smallest absolute Gasteiger partial charge is 0.305 e. The average molecular weight is 274 g/mol. The van der Waals surface area contributed by atoms with E-state index < -0.39 is 30.2 Å². The number of piperazine rings is 1. The molecule has 2 N–H and O–H groups in total. The minimum Gasteiger partial charge on any atom is -0.481 e. The molecule has 2 amide bonds. The third-order valence-corrected chi connectivity index (χ3v) is 2.68. The van der Waals surface area contributed by atoms with E-state index >= 15 is 0 Å². The van der Waals surface area contributed by atoms with E-state index in [1.807, 2.05) is 0 Å². The second-order valence-electron chi connectivity index (χ2n) is 4.04. The summed E-state index contributed by atoms with van der Waals surface area (Å²) >= 11 is 0. The highest BCUT2D eigenvalue weighted by Gasteiger charge is 2.34. The maximum atomic E-state index is 11.9. The minimum absolute atomic E-state index is 0.188. The summed E-state index contributed by atoms with van der Waals surface area (Å²) in [5.41, 5.74) is 0. The average Bonchev–Trinajstić information content (AvgIpc) is 2.36. The maximum Gasteiger partial charge on any atom is 0.305 e. The third kappa shape index (κ3) is 4.84. The first kappa shape index (κ1) is 15.4. The predicted octanol–water partition coefficient (Wildman–Crippen LogP) is -1.55. The topological polar surface area (TPSA) is 105 Å². The molecule has 19 heavy (non-hydrogen) atoms. The largest absolute Gasteiger partial charge is 0.481 e. The molecule has 0 bridgehead atoms. The molecular formula is C11H18N2O6. The third-order valence-electron chi connectivity index (χ3n) is 2.68. The van der Waals surface area contributed by atoms with Crippen LogP contribution in [0.15, 0.2) is 0 Å². The molecule has 1 aliphatic rings. The van der Waals surface area contributed by atoms with Crippen molar-refractivity contribution in [1.82, 2.24) is 10.2 Å². The number of nitrogens with one attached hydrogen (secondary N) is 1. The Balaban J connectivity index is 2.53. The number of carbonyl (C=O) groups is 3. The van der Waals surface area contributed by atoms with Gasteiger partial charge in [0.2, 0.25) is 11.8 Å². The highest BCUT2D eigenvalue weighted by Crippen LogP contribution is 2.09. The molecule has 1 aliphatic heterocycles. The van der Waals surface area contributed by atoms with Gasteiger partial charge >= 0.3 is 5.97 Å². The summed E-state index contributed by atoms with van der Waals surface area (Å²) in [5.74, 6) is -1.96. The molecular weight excluding hydrogens is 256 g/mol. The summed E-state index contributed by atoms with van der Waals surface area (Å²) in [6.07, 6.45) is -0.407. The second kappa shape index (κ2) is 7.70. The van der Waals surface area contributed by atoms with Crippen LogP contribution in [0.2, 0.25) is 0 Å². The summed E-state index contributed by atoms with van der Waals surface area (Å²) in [6, 6.07) is -0.968. The lowest BCUT2D eigenvalue weighted by Gasteiger charge is -2.34. The zero-order chi connectivity index (χ0) is 14.3. The molecule has 8 heteroatoms. The monoisotopic (exact) mass is 274 g/mol. The molecule has 0 aromatic heterocycles. The van der Waals surface area contributed by atoms with Crippen molar-refractivity contribution in [2.45, 2.75) is 12.5 Å². The van der Waals surface area contributed by atoms with Crippen molar-refractivity contribution in [2.75, 3.05) is 40.0 Å². The molecule has 1 unspecified atom stereocenters. The second-order valence-corrected chi connectivity index (χ2v) is 4.04. The number of carbonyl (C=O) groups excluding carboxylic acids is 2. The number of rotatable bonds is 7. The van der Waals surface area contributed by atoms with Crippen molar-refractivity contribution >= 4 is 17.8 Å². The molecule has 0 spiro atoms. The van der Waals surface area contributed by atoms with Crippen molar-refractivity contribution in [1.29, 1.82) is 0 Å². The Morgan fingerprint density at radius 3 is 2.84 bits per heavy atom. The lowest BCUT2D eigenvalue weighted by Crippen LogP contribution is -2.58. The van der Waals surface area contributed by atoms with Crippen LogP contribution >= 0.6 is 0 Å². The quantitative estimate of drug-likeness (QED) is 0.545. The Morgan fingerprint density at radius 1 is 1.47 bits per heavy atom. The highest BCUT2D eigenvalue weighted by molar-refractivity contribution is 5.91. The number of amides is 2. The van der Waals surface area contributed by atoms with Crippen molar-refractivity contribution in [3.8, 4) is 0 Å². The lowest BCUT2D eigenvalue weighted by molar-refractivity contribution is -0.151. The molecule has 0 aromatic carbocycles. The predicted molar refractivity (Wildman–Crippen MR) is 63.5 cm³/mol. The van der Waals surface area contributed by atoms with Crippen LogP contribution in [0.25, 0.3) is 0 Å². The molecule has 1 heterocycles. The number of nitrogens with zero attached hydrogens (tertiary/aromatic N) is 1. The zero-order valence-corrected chi connectivity index (χ0v) is 10.8. The lowest BCUT2D eigenvalue weighted by atomic mass is 10.1. The van der Waals surface area contributed by atoms with Crippen molar-refractivity contribution in [3.63, 3.8) is 0 Å². The van der Waals surface area contributed by atoms with Crippen LogP contribution < -0.4 is 5.32 Å². The Labute approximate surface area is 110 Å². The summed E-state index contributed by atoms with van der Waals surface area (Å²) in [4.78, 5) is 35.4. The van der Waals surface area contributed by atoms with Gasteiger partial charge < -0.3 is 24.8 Å². The number of hydrogen-bond acceptors (Lipinski definition) is 5. The van der Waals surface area contributed by atoms with Crippen LogP contribution in [0.4, 0.5) is 0 Å². The molecule has 1 fully saturated rings. The fourth-order valence-corrected chi connectivity index (χ4v) is 1.77. The molecule has 0 aliphatic carbocycles. The molecule has 1 rings (SSSR count). The van der Waals surface area contributed by atoms with Gasteiger partial charge in [0.25, 0.3) is 0 Å². The molecule has 8 nitrogen and oxygen atoms in total. The van der Waals surface area contributed by atoms with Gasteiger partial charge in [-0.25, -0.2) is 0 Å². The van der Waals surface area contributed by atoms with Gasteiger partial charge in [0, 0.05) is 20.2 Å². The first-order valence-electron chi connectivity index (χ1n) is 5.92. The number of methoxy groups -OCH3 is 1. The summed E-state index contributed by atoms with van der Waals surface area (Å²) in [6.45, 7) is 1.06. The number of hydrogen-bond donors (Lipinski definition) is 2. The van der Waals surface area contributed by atoms with Crippen LogP contribution in [0.5, 0.6) is 0 Å². The molecule has 108 valence electrons. The van der Waals surface area contributed by atoms with Crippen LogP contribution in [0.3, 0.4) is 0 Å². The fourth-order valence-electron chi connectivity index (χ4n) is 1.77. The Hall–Kier alpha value is -1.67. The van der Waals surface area contributed by atoms with Gasteiger partial charge in [0.1, 0.15) is 12.6 Å². The standard InChI is InChI=1S/C11H18N2O6/c1-18-4-5-19-7-9(14)13-3-2-12-11(17)8(13)6-10(15)16/h8H,2-7H2,1H3,(H,12,17)(H,15,16). The molecule has 1 saturated heterocycles. The number of aliphatic carboxylic acids is 1. The minimum atomic E-state index is -1.12. The van der Waals surface area contributed by atoms with Gasteiger partial charge in [-0.15, -0.1) is 0 Å². The summed E-state index contributed by atoms with van der Waals surface area (Å²) in [5, 5.41) is 11.3. The number of ether oxygens (including phenoxy) is 2. The molecule has 0 radical (unpaired) electrons. The molecule has 0 aromatic rings. The van der Waals surface area contributed by atoms with Gasteiger partial charge in [-0.05, 0) is 0 Å². The first-order valence-corrected chi connectivity index (χ1v) is 5.92. The van der Waals surface area contributed by atoms with Gasteiger partial charge in [-0.1, -0.05) is 0 Å².